The van der Waals surface area contributed by atoms with Gasteiger partial charge in [-0.2, -0.15) is 0 Å². The van der Waals surface area contributed by atoms with E-state index >= 15 is 0 Å². The van der Waals surface area contributed by atoms with Gasteiger partial charge >= 0.3 is 39.5 Å². The van der Waals surface area contributed by atoms with Gasteiger partial charge in [0.25, 0.3) is 0 Å². The molecule has 0 saturated carbocycles. The number of rotatable bonds is 72. The van der Waals surface area contributed by atoms with Crippen LogP contribution in [0.15, 0.2) is 24.3 Å². The van der Waals surface area contributed by atoms with Gasteiger partial charge in [0.1, 0.15) is 19.3 Å². The second-order valence-corrected chi connectivity index (χ2v) is 31.0. The van der Waals surface area contributed by atoms with Crippen molar-refractivity contribution in [2.24, 2.45) is 17.8 Å². The molecule has 560 valence electrons. The van der Waals surface area contributed by atoms with Gasteiger partial charge in [-0.05, 0) is 69.1 Å². The lowest BCUT2D eigenvalue weighted by molar-refractivity contribution is -0.161. The van der Waals surface area contributed by atoms with Crippen molar-refractivity contribution in [3.8, 4) is 0 Å². The van der Waals surface area contributed by atoms with E-state index in [1.165, 1.54) is 154 Å². The molecular weight excluding hydrogens is 1250 g/mol. The second-order valence-electron chi connectivity index (χ2n) is 28.1. The summed E-state index contributed by atoms with van der Waals surface area (Å²) >= 11 is 0. The fourth-order valence-electron chi connectivity index (χ4n) is 11.1. The zero-order valence-electron chi connectivity index (χ0n) is 61.6. The molecule has 0 aliphatic heterocycles. The van der Waals surface area contributed by atoms with Crippen molar-refractivity contribution >= 4 is 39.5 Å². The van der Waals surface area contributed by atoms with Crippen LogP contribution in [-0.4, -0.2) is 96.7 Å². The first-order valence-electron chi connectivity index (χ1n) is 38.7. The molecule has 0 radical (unpaired) electrons. The Bertz CT molecular complexity index is 1950. The van der Waals surface area contributed by atoms with E-state index in [0.717, 1.165) is 121 Å². The number of ether oxygens (including phenoxy) is 4. The first-order chi connectivity index (χ1) is 45.7. The zero-order valence-corrected chi connectivity index (χ0v) is 63.4. The van der Waals surface area contributed by atoms with Crippen LogP contribution in [0.3, 0.4) is 0 Å². The molecule has 0 bridgehead atoms. The van der Waals surface area contributed by atoms with E-state index in [-0.39, 0.29) is 25.7 Å². The molecular formula is C76H144O17P2. The highest BCUT2D eigenvalue weighted by molar-refractivity contribution is 7.47. The van der Waals surface area contributed by atoms with Gasteiger partial charge in [0.05, 0.1) is 26.4 Å². The van der Waals surface area contributed by atoms with Crippen LogP contribution in [0.25, 0.3) is 0 Å². The molecule has 95 heavy (non-hydrogen) atoms. The third-order valence-electron chi connectivity index (χ3n) is 17.0. The summed E-state index contributed by atoms with van der Waals surface area (Å²) in [5.74, 6) is 0.0898. The van der Waals surface area contributed by atoms with Crippen molar-refractivity contribution < 1.29 is 80.2 Å². The predicted molar refractivity (Wildman–Crippen MR) is 386 cm³/mol. The standard InChI is InChI=1S/C76H144O17P2/c1-8-9-10-11-12-13-14-15-16-20-25-31-36-45-52-59-75(80)92-71(63-86-73(78)57-50-43-35-30-27-22-24-29-34-41-48-55-68(4)5)65-90-94(82,83)88-61-70(77)62-89-95(84,85)91-66-72(64-87-74(79)58-51-44-39-38-42-49-56-69(6)7)93-76(81)60-53-46-37-32-26-21-18-17-19-23-28-33-40-47-54-67(2)3/h13-16,67-72,77H,8-12,17-66H2,1-7H3,(H,82,83)(H,84,85)/b14-13-,16-15-/t70-,71-,72-/m1/s1. The molecule has 3 N–H and O–H groups in total. The fraction of sp³-hybridized carbons (Fsp3) is 0.895. The van der Waals surface area contributed by atoms with Crippen molar-refractivity contribution in [3.63, 3.8) is 0 Å². The number of unbranched alkanes of at least 4 members (excludes halogenated alkanes) is 37. The minimum atomic E-state index is -4.97. The Morgan fingerprint density at radius 3 is 0.853 bits per heavy atom. The number of phosphoric acid groups is 2. The van der Waals surface area contributed by atoms with Crippen molar-refractivity contribution in [1.29, 1.82) is 0 Å². The number of allylic oxidation sites excluding steroid dienone is 4. The van der Waals surface area contributed by atoms with Crippen LogP contribution in [0.1, 0.15) is 363 Å². The Kier molecular flexibility index (Phi) is 64.4. The average molecular weight is 1390 g/mol. The Morgan fingerprint density at radius 2 is 0.568 bits per heavy atom. The van der Waals surface area contributed by atoms with Crippen LogP contribution < -0.4 is 0 Å². The lowest BCUT2D eigenvalue weighted by atomic mass is 10.0. The quantitative estimate of drug-likeness (QED) is 0.0169. The molecule has 0 spiro atoms. The van der Waals surface area contributed by atoms with Crippen LogP contribution in [0, 0.1) is 17.8 Å². The summed E-state index contributed by atoms with van der Waals surface area (Å²) < 4.78 is 68.4. The van der Waals surface area contributed by atoms with Crippen molar-refractivity contribution in [2.45, 2.75) is 381 Å². The maximum Gasteiger partial charge on any atom is 0.472 e. The largest absolute Gasteiger partial charge is 0.472 e. The van der Waals surface area contributed by atoms with E-state index < -0.39 is 97.5 Å². The monoisotopic (exact) mass is 1390 g/mol. The lowest BCUT2D eigenvalue weighted by Gasteiger charge is -2.21. The van der Waals surface area contributed by atoms with E-state index in [0.29, 0.717) is 31.6 Å². The Labute approximate surface area is 580 Å². The molecule has 0 rings (SSSR count). The molecule has 0 heterocycles. The van der Waals surface area contributed by atoms with Crippen molar-refractivity contribution in [1.82, 2.24) is 0 Å². The number of hydrogen-bond donors (Lipinski definition) is 3. The van der Waals surface area contributed by atoms with Crippen LogP contribution in [0.5, 0.6) is 0 Å². The van der Waals surface area contributed by atoms with E-state index in [9.17, 15) is 43.2 Å². The third kappa shape index (κ3) is 69.8. The summed E-state index contributed by atoms with van der Waals surface area (Å²) in [6.45, 7) is 11.8. The highest BCUT2D eigenvalue weighted by Crippen LogP contribution is 2.45. The van der Waals surface area contributed by atoms with Crippen LogP contribution in [-0.2, 0) is 65.4 Å². The van der Waals surface area contributed by atoms with Crippen molar-refractivity contribution in [3.05, 3.63) is 24.3 Å². The molecule has 0 aromatic rings. The fourth-order valence-corrected chi connectivity index (χ4v) is 12.6. The van der Waals surface area contributed by atoms with Gasteiger partial charge < -0.3 is 33.8 Å². The lowest BCUT2D eigenvalue weighted by Crippen LogP contribution is -2.30. The SMILES string of the molecule is CCCCCC/C=C\C=C/CCCCCCCC(=O)O[C@H](COC(=O)CCCCCCCCCCCCCC(C)C)COP(=O)(O)OC[C@@H](O)COP(=O)(O)OC[C@@H](COC(=O)CCCCCCCCC(C)C)OC(=O)CCCCCCCCCCCCCCCCC(C)C. The molecule has 17 nitrogen and oxygen atoms in total. The normalized spacial score (nSPS) is 14.2. The van der Waals surface area contributed by atoms with Gasteiger partial charge in [0, 0.05) is 25.7 Å². The summed E-state index contributed by atoms with van der Waals surface area (Å²) in [4.78, 5) is 72.8. The minimum absolute atomic E-state index is 0.0846. The number of aliphatic hydroxyl groups excluding tert-OH is 1. The van der Waals surface area contributed by atoms with Crippen molar-refractivity contribution in [2.75, 3.05) is 39.6 Å². The molecule has 0 aromatic heterocycles. The number of carbonyl (C=O) groups excluding carboxylic acids is 4. The summed E-state index contributed by atoms with van der Waals surface area (Å²) in [5, 5.41) is 10.6. The molecule has 0 fully saturated rings. The van der Waals surface area contributed by atoms with Gasteiger partial charge in [-0.3, -0.25) is 37.3 Å². The maximum absolute atomic E-state index is 13.1. The van der Waals surface area contributed by atoms with E-state index in [1.54, 1.807) is 0 Å². The number of hydrogen-bond acceptors (Lipinski definition) is 15. The van der Waals surface area contributed by atoms with E-state index in [4.69, 9.17) is 37.0 Å². The number of aliphatic hydroxyl groups is 1. The number of phosphoric ester groups is 2. The molecule has 0 amide bonds. The Balaban J connectivity index is 5.27. The van der Waals surface area contributed by atoms with E-state index in [2.05, 4.69) is 72.8 Å². The third-order valence-corrected chi connectivity index (χ3v) is 18.9. The average Bonchev–Trinajstić information content (AvgIpc) is 1.35. The predicted octanol–water partition coefficient (Wildman–Crippen LogP) is 21.7. The molecule has 19 heteroatoms. The molecule has 0 aromatic carbocycles. The van der Waals surface area contributed by atoms with Gasteiger partial charge in [0.15, 0.2) is 12.2 Å². The molecule has 2 unspecified atom stereocenters. The summed E-state index contributed by atoms with van der Waals surface area (Å²) in [5.41, 5.74) is 0. The zero-order chi connectivity index (χ0) is 70.1. The second kappa shape index (κ2) is 66.1. The Hall–Kier alpha value is -2.46. The van der Waals surface area contributed by atoms with Crippen LogP contribution >= 0.6 is 15.6 Å². The van der Waals surface area contributed by atoms with Crippen LogP contribution in [0.4, 0.5) is 0 Å². The highest BCUT2D eigenvalue weighted by Gasteiger charge is 2.30. The molecule has 0 aliphatic rings. The van der Waals surface area contributed by atoms with Gasteiger partial charge in [-0.15, -0.1) is 0 Å². The van der Waals surface area contributed by atoms with Crippen LogP contribution in [0.2, 0.25) is 0 Å². The molecule has 5 atom stereocenters. The summed E-state index contributed by atoms with van der Waals surface area (Å²) in [6.07, 6.45) is 55.0. The molecule has 0 aliphatic carbocycles. The first-order valence-corrected chi connectivity index (χ1v) is 41.7. The minimum Gasteiger partial charge on any atom is -0.462 e. The number of esters is 4. The molecule has 0 saturated heterocycles. The summed E-state index contributed by atoms with van der Waals surface area (Å²) in [6, 6.07) is 0. The summed E-state index contributed by atoms with van der Waals surface area (Å²) in [7, 11) is -9.92. The highest BCUT2D eigenvalue weighted by atomic mass is 31.2. The topological polar surface area (TPSA) is 237 Å². The van der Waals surface area contributed by atoms with Gasteiger partial charge in [0.2, 0.25) is 0 Å². The first kappa shape index (κ1) is 92.5. The van der Waals surface area contributed by atoms with E-state index in [1.807, 2.05) is 0 Å². The number of carbonyl (C=O) groups is 4. The smallest absolute Gasteiger partial charge is 0.462 e. The maximum atomic E-state index is 13.1. The van der Waals surface area contributed by atoms with Gasteiger partial charge in [-0.1, -0.05) is 310 Å². The Morgan fingerprint density at radius 1 is 0.326 bits per heavy atom. The van der Waals surface area contributed by atoms with Gasteiger partial charge in [-0.25, -0.2) is 9.13 Å².